The van der Waals surface area contributed by atoms with Crippen LogP contribution in [0.3, 0.4) is 0 Å². The molecule has 114 valence electrons. The highest BCUT2D eigenvalue weighted by molar-refractivity contribution is 5.96. The maximum Gasteiger partial charge on any atom is 0.251 e. The van der Waals surface area contributed by atoms with Crippen molar-refractivity contribution in [2.45, 2.75) is 31.8 Å². The summed E-state index contributed by atoms with van der Waals surface area (Å²) >= 11 is 0. The van der Waals surface area contributed by atoms with Crippen LogP contribution in [0.1, 0.15) is 30.1 Å². The number of piperazine rings is 1. The lowest BCUT2D eigenvalue weighted by atomic mass is 10.0. The molecule has 3 N–H and O–H groups in total. The molecular formula is C16H24N4O. The summed E-state index contributed by atoms with van der Waals surface area (Å²) in [5.74, 6) is -0.0663. The van der Waals surface area contributed by atoms with Crippen LogP contribution in [-0.4, -0.2) is 49.6 Å². The van der Waals surface area contributed by atoms with Crippen molar-refractivity contribution in [2.75, 3.05) is 37.3 Å². The first kappa shape index (κ1) is 14.2. The molecule has 2 unspecified atom stereocenters. The minimum Gasteiger partial charge on any atom is -0.397 e. The molecule has 5 heteroatoms. The molecule has 0 aliphatic carbocycles. The van der Waals surface area contributed by atoms with E-state index in [2.05, 4.69) is 22.0 Å². The number of benzene rings is 1. The van der Waals surface area contributed by atoms with Crippen molar-refractivity contribution in [2.24, 2.45) is 0 Å². The Kier molecular flexibility index (Phi) is 3.76. The van der Waals surface area contributed by atoms with Gasteiger partial charge in [-0.3, -0.25) is 9.69 Å². The van der Waals surface area contributed by atoms with Gasteiger partial charge in [-0.05, 0) is 44.5 Å². The van der Waals surface area contributed by atoms with Crippen LogP contribution in [0.5, 0.6) is 0 Å². The van der Waals surface area contributed by atoms with E-state index in [4.69, 9.17) is 5.73 Å². The van der Waals surface area contributed by atoms with Crippen LogP contribution in [0.2, 0.25) is 0 Å². The van der Waals surface area contributed by atoms with Gasteiger partial charge in [0, 0.05) is 37.8 Å². The highest BCUT2D eigenvalue weighted by Crippen LogP contribution is 2.32. The number of nitrogens with two attached hydrogens (primary N) is 1. The van der Waals surface area contributed by atoms with Crippen molar-refractivity contribution in [3.05, 3.63) is 23.8 Å². The van der Waals surface area contributed by atoms with Crippen molar-refractivity contribution >= 4 is 17.3 Å². The molecule has 1 amide bonds. The lowest BCUT2D eigenvalue weighted by molar-refractivity contribution is 0.0963. The number of fused-ring (bicyclic) bond motifs is 1. The zero-order valence-corrected chi connectivity index (χ0v) is 12.8. The molecule has 2 aliphatic rings. The molecule has 0 saturated carbocycles. The lowest BCUT2D eigenvalue weighted by Gasteiger charge is -2.44. The van der Waals surface area contributed by atoms with Gasteiger partial charge in [-0.2, -0.15) is 0 Å². The number of amides is 1. The van der Waals surface area contributed by atoms with E-state index >= 15 is 0 Å². The Labute approximate surface area is 126 Å². The van der Waals surface area contributed by atoms with E-state index in [0.717, 1.165) is 24.5 Å². The summed E-state index contributed by atoms with van der Waals surface area (Å²) in [6.45, 7) is 5.54. The second-order valence-corrected chi connectivity index (χ2v) is 6.15. The van der Waals surface area contributed by atoms with E-state index in [1.54, 1.807) is 13.1 Å². The summed E-state index contributed by atoms with van der Waals surface area (Å²) in [5.41, 5.74) is 8.59. The third kappa shape index (κ3) is 2.58. The second-order valence-electron chi connectivity index (χ2n) is 6.15. The molecule has 21 heavy (non-hydrogen) atoms. The fourth-order valence-electron chi connectivity index (χ4n) is 3.60. The van der Waals surface area contributed by atoms with Crippen LogP contribution in [0.15, 0.2) is 18.2 Å². The Balaban J connectivity index is 1.89. The van der Waals surface area contributed by atoms with E-state index in [1.807, 2.05) is 12.1 Å². The fraction of sp³-hybridized carbons (Fsp3) is 0.562. The Bertz CT molecular complexity index is 545. The number of carbonyl (C=O) groups excluding carboxylic acids is 1. The Morgan fingerprint density at radius 2 is 2.19 bits per heavy atom. The van der Waals surface area contributed by atoms with Crippen molar-refractivity contribution in [3.63, 3.8) is 0 Å². The molecule has 1 aromatic rings. The molecule has 2 atom stereocenters. The summed E-state index contributed by atoms with van der Waals surface area (Å²) in [4.78, 5) is 16.8. The van der Waals surface area contributed by atoms with Crippen LogP contribution in [0.25, 0.3) is 0 Å². The SMILES string of the molecule is CNC(=O)c1ccc(N)c(N2CC3CCCN3CC2C)c1. The van der Waals surface area contributed by atoms with Gasteiger partial charge in [0.1, 0.15) is 0 Å². The summed E-state index contributed by atoms with van der Waals surface area (Å²) in [5, 5.41) is 2.67. The zero-order chi connectivity index (χ0) is 15.0. The van der Waals surface area contributed by atoms with Crippen LogP contribution in [0, 0.1) is 0 Å². The molecule has 5 nitrogen and oxygen atoms in total. The highest BCUT2D eigenvalue weighted by Gasteiger charge is 2.35. The predicted octanol–water partition coefficient (Wildman–Crippen LogP) is 1.30. The van der Waals surface area contributed by atoms with Gasteiger partial charge in [0.15, 0.2) is 0 Å². The van der Waals surface area contributed by atoms with Gasteiger partial charge in [0.2, 0.25) is 0 Å². The van der Waals surface area contributed by atoms with Crippen LogP contribution >= 0.6 is 0 Å². The molecule has 2 saturated heterocycles. The Morgan fingerprint density at radius 3 is 2.95 bits per heavy atom. The molecule has 0 aromatic heterocycles. The van der Waals surface area contributed by atoms with Gasteiger partial charge in [-0.1, -0.05) is 0 Å². The number of hydrogen-bond donors (Lipinski definition) is 2. The largest absolute Gasteiger partial charge is 0.397 e. The summed E-state index contributed by atoms with van der Waals surface area (Å²) in [7, 11) is 1.65. The maximum atomic E-state index is 11.8. The van der Waals surface area contributed by atoms with Crippen molar-refractivity contribution in [3.8, 4) is 0 Å². The smallest absolute Gasteiger partial charge is 0.251 e. The van der Waals surface area contributed by atoms with E-state index in [-0.39, 0.29) is 5.91 Å². The van der Waals surface area contributed by atoms with Crippen LogP contribution in [-0.2, 0) is 0 Å². The number of carbonyl (C=O) groups is 1. The Hall–Kier alpha value is -1.75. The molecule has 0 spiro atoms. The van der Waals surface area contributed by atoms with Gasteiger partial charge >= 0.3 is 0 Å². The average Bonchev–Trinajstić information content (AvgIpc) is 2.93. The monoisotopic (exact) mass is 288 g/mol. The summed E-state index contributed by atoms with van der Waals surface area (Å²) in [6.07, 6.45) is 2.55. The Morgan fingerprint density at radius 1 is 1.38 bits per heavy atom. The first-order chi connectivity index (χ1) is 10.1. The number of nitrogens with one attached hydrogen (secondary N) is 1. The van der Waals surface area contributed by atoms with Crippen molar-refractivity contribution < 1.29 is 4.79 Å². The quantitative estimate of drug-likeness (QED) is 0.805. The number of nitrogen functional groups attached to an aromatic ring is 1. The molecule has 2 aliphatic heterocycles. The number of nitrogens with zero attached hydrogens (tertiary/aromatic N) is 2. The first-order valence-corrected chi connectivity index (χ1v) is 7.72. The third-order valence-corrected chi connectivity index (χ3v) is 4.77. The average molecular weight is 288 g/mol. The highest BCUT2D eigenvalue weighted by atomic mass is 16.1. The summed E-state index contributed by atoms with van der Waals surface area (Å²) < 4.78 is 0. The molecule has 2 heterocycles. The summed E-state index contributed by atoms with van der Waals surface area (Å²) in [6, 6.07) is 6.60. The van der Waals surface area contributed by atoms with E-state index in [1.165, 1.54) is 19.4 Å². The van der Waals surface area contributed by atoms with E-state index < -0.39 is 0 Å². The van der Waals surface area contributed by atoms with E-state index in [0.29, 0.717) is 17.6 Å². The molecule has 0 radical (unpaired) electrons. The van der Waals surface area contributed by atoms with Gasteiger partial charge in [0.05, 0.1) is 11.4 Å². The second kappa shape index (κ2) is 5.56. The third-order valence-electron chi connectivity index (χ3n) is 4.77. The van der Waals surface area contributed by atoms with Crippen molar-refractivity contribution in [1.82, 2.24) is 10.2 Å². The van der Waals surface area contributed by atoms with Gasteiger partial charge < -0.3 is 16.0 Å². The van der Waals surface area contributed by atoms with Gasteiger partial charge in [-0.15, -0.1) is 0 Å². The predicted molar refractivity (Wildman–Crippen MR) is 85.6 cm³/mol. The minimum absolute atomic E-state index is 0.0663. The number of rotatable bonds is 2. The fourth-order valence-corrected chi connectivity index (χ4v) is 3.60. The molecule has 3 rings (SSSR count). The van der Waals surface area contributed by atoms with Gasteiger partial charge in [-0.25, -0.2) is 0 Å². The zero-order valence-electron chi connectivity index (χ0n) is 12.8. The molecule has 0 bridgehead atoms. The lowest BCUT2D eigenvalue weighted by Crippen LogP contribution is -2.55. The van der Waals surface area contributed by atoms with Crippen LogP contribution < -0.4 is 16.0 Å². The first-order valence-electron chi connectivity index (χ1n) is 7.72. The van der Waals surface area contributed by atoms with Crippen LogP contribution in [0.4, 0.5) is 11.4 Å². The molecule has 2 fully saturated rings. The van der Waals surface area contributed by atoms with E-state index in [9.17, 15) is 4.79 Å². The molecular weight excluding hydrogens is 264 g/mol. The number of hydrogen-bond acceptors (Lipinski definition) is 4. The molecule has 1 aromatic carbocycles. The van der Waals surface area contributed by atoms with Gasteiger partial charge in [0.25, 0.3) is 5.91 Å². The number of anilines is 2. The minimum atomic E-state index is -0.0663. The topological polar surface area (TPSA) is 61.6 Å². The normalized spacial score (nSPS) is 25.7. The maximum absolute atomic E-state index is 11.8. The van der Waals surface area contributed by atoms with Crippen molar-refractivity contribution in [1.29, 1.82) is 0 Å². The standard InChI is InChI=1S/C16H24N4O/c1-11-9-19-7-3-4-13(19)10-20(11)15-8-12(16(21)18-2)5-6-14(15)17/h5-6,8,11,13H,3-4,7,9-10,17H2,1-2H3,(H,18,21).